The van der Waals surface area contributed by atoms with Gasteiger partial charge in [-0.2, -0.15) is 0 Å². The SMILES string of the molecule is CCc1ccccc1N1C(=O)C(Cl)=C(Nc2ccc(Cl)cc2C)C1=O. The number of anilines is 2. The number of imide groups is 1. The van der Waals surface area contributed by atoms with E-state index in [1.165, 1.54) is 0 Å². The molecule has 0 spiro atoms. The molecule has 0 radical (unpaired) electrons. The molecule has 0 saturated heterocycles. The van der Waals surface area contributed by atoms with Crippen molar-refractivity contribution in [1.29, 1.82) is 0 Å². The van der Waals surface area contributed by atoms with Gasteiger partial charge in [-0.15, -0.1) is 0 Å². The quantitative estimate of drug-likeness (QED) is 0.792. The van der Waals surface area contributed by atoms with Crippen molar-refractivity contribution in [2.24, 2.45) is 0 Å². The number of nitrogens with zero attached hydrogens (tertiary/aromatic N) is 1. The molecule has 0 unspecified atom stereocenters. The standard InChI is InChI=1S/C19H16Cl2N2O2/c1-3-12-6-4-5-7-15(12)23-18(24)16(21)17(19(23)25)22-14-9-8-13(20)10-11(14)2/h4-10,22H,3H2,1-2H3. The van der Waals surface area contributed by atoms with Crippen LogP contribution in [0, 0.1) is 6.92 Å². The highest BCUT2D eigenvalue weighted by Gasteiger charge is 2.39. The summed E-state index contributed by atoms with van der Waals surface area (Å²) < 4.78 is 0. The molecule has 0 aliphatic carbocycles. The predicted octanol–water partition coefficient (Wildman–Crippen LogP) is 4.65. The van der Waals surface area contributed by atoms with Crippen molar-refractivity contribution in [2.45, 2.75) is 20.3 Å². The number of amides is 2. The predicted molar refractivity (Wildman–Crippen MR) is 101 cm³/mol. The fraction of sp³-hybridized carbons (Fsp3) is 0.158. The minimum atomic E-state index is -0.526. The molecule has 4 nitrogen and oxygen atoms in total. The Labute approximate surface area is 156 Å². The molecule has 128 valence electrons. The van der Waals surface area contributed by atoms with Crippen molar-refractivity contribution < 1.29 is 9.59 Å². The summed E-state index contributed by atoms with van der Waals surface area (Å²) >= 11 is 12.1. The van der Waals surface area contributed by atoms with Gasteiger partial charge in [-0.25, -0.2) is 4.90 Å². The van der Waals surface area contributed by atoms with Crippen molar-refractivity contribution in [3.8, 4) is 0 Å². The summed E-state index contributed by atoms with van der Waals surface area (Å²) in [6, 6.07) is 12.5. The summed E-state index contributed by atoms with van der Waals surface area (Å²) in [5, 5.41) is 3.45. The number of rotatable bonds is 4. The summed E-state index contributed by atoms with van der Waals surface area (Å²) in [7, 11) is 0. The Balaban J connectivity index is 1.97. The Morgan fingerprint density at radius 3 is 2.44 bits per heavy atom. The van der Waals surface area contributed by atoms with Crippen molar-refractivity contribution in [2.75, 3.05) is 10.2 Å². The van der Waals surface area contributed by atoms with Gasteiger partial charge in [-0.05, 0) is 48.7 Å². The minimum absolute atomic E-state index is 0.0722. The second-order valence-electron chi connectivity index (χ2n) is 5.70. The highest BCUT2D eigenvalue weighted by atomic mass is 35.5. The largest absolute Gasteiger partial charge is 0.349 e. The molecule has 0 atom stereocenters. The number of carbonyl (C=O) groups excluding carboxylic acids is 2. The lowest BCUT2D eigenvalue weighted by atomic mass is 10.1. The monoisotopic (exact) mass is 374 g/mol. The Kier molecular flexibility index (Phi) is 4.84. The Hall–Kier alpha value is -2.30. The normalized spacial score (nSPS) is 14.5. The van der Waals surface area contributed by atoms with E-state index in [0.717, 1.165) is 16.0 Å². The Bertz CT molecular complexity index is 906. The molecule has 25 heavy (non-hydrogen) atoms. The molecule has 0 fully saturated rings. The van der Waals surface area contributed by atoms with E-state index in [2.05, 4.69) is 5.32 Å². The molecule has 1 heterocycles. The third kappa shape index (κ3) is 3.15. The van der Waals surface area contributed by atoms with Crippen LogP contribution in [-0.2, 0) is 16.0 Å². The average Bonchev–Trinajstić information content (AvgIpc) is 2.80. The van der Waals surface area contributed by atoms with Crippen LogP contribution in [0.2, 0.25) is 5.02 Å². The third-order valence-corrected chi connectivity index (χ3v) is 4.67. The van der Waals surface area contributed by atoms with Gasteiger partial charge in [0.2, 0.25) is 0 Å². The number of carbonyl (C=O) groups is 2. The maximum absolute atomic E-state index is 12.9. The number of benzene rings is 2. The zero-order valence-corrected chi connectivity index (χ0v) is 15.3. The molecule has 2 aromatic carbocycles. The Morgan fingerprint density at radius 2 is 1.76 bits per heavy atom. The first-order chi connectivity index (χ1) is 11.9. The molecule has 3 rings (SSSR count). The van der Waals surface area contributed by atoms with Crippen LogP contribution in [0.25, 0.3) is 0 Å². The number of para-hydroxylation sites is 1. The molecule has 2 amide bonds. The van der Waals surface area contributed by atoms with Crippen LogP contribution in [-0.4, -0.2) is 11.8 Å². The van der Waals surface area contributed by atoms with Crippen LogP contribution >= 0.6 is 23.2 Å². The first kappa shape index (κ1) is 17.5. The summed E-state index contributed by atoms with van der Waals surface area (Å²) in [6.45, 7) is 3.82. The number of nitrogens with one attached hydrogen (secondary N) is 1. The van der Waals surface area contributed by atoms with Crippen molar-refractivity contribution in [1.82, 2.24) is 0 Å². The van der Waals surface area contributed by atoms with Crippen LogP contribution in [0.1, 0.15) is 18.1 Å². The zero-order chi connectivity index (χ0) is 18.1. The molecule has 0 bridgehead atoms. The van der Waals surface area contributed by atoms with Gasteiger partial charge in [0.15, 0.2) is 0 Å². The van der Waals surface area contributed by atoms with Gasteiger partial charge in [0.25, 0.3) is 11.8 Å². The summed E-state index contributed by atoms with van der Waals surface area (Å²) in [5.41, 5.74) is 3.05. The lowest BCUT2D eigenvalue weighted by Gasteiger charge is -2.18. The van der Waals surface area contributed by atoms with Crippen molar-refractivity contribution in [3.63, 3.8) is 0 Å². The molecule has 1 aliphatic heterocycles. The first-order valence-corrected chi connectivity index (χ1v) is 8.59. The summed E-state index contributed by atoms with van der Waals surface area (Å²) in [5.74, 6) is -0.994. The number of halogens is 2. The van der Waals surface area contributed by atoms with E-state index in [1.54, 1.807) is 30.3 Å². The Morgan fingerprint density at radius 1 is 1.04 bits per heavy atom. The fourth-order valence-electron chi connectivity index (χ4n) is 2.76. The minimum Gasteiger partial charge on any atom is -0.349 e. The van der Waals surface area contributed by atoms with E-state index in [-0.39, 0.29) is 10.7 Å². The smallest absolute Gasteiger partial charge is 0.283 e. The molecule has 1 N–H and O–H groups in total. The van der Waals surface area contributed by atoms with Gasteiger partial charge in [0.05, 0.1) is 5.69 Å². The van der Waals surface area contributed by atoms with E-state index in [9.17, 15) is 9.59 Å². The van der Waals surface area contributed by atoms with Gasteiger partial charge >= 0.3 is 0 Å². The summed E-state index contributed by atoms with van der Waals surface area (Å²) in [4.78, 5) is 26.5. The molecule has 1 aliphatic rings. The third-order valence-electron chi connectivity index (χ3n) is 4.09. The van der Waals surface area contributed by atoms with Gasteiger partial charge in [-0.1, -0.05) is 48.3 Å². The van der Waals surface area contributed by atoms with E-state index >= 15 is 0 Å². The van der Waals surface area contributed by atoms with E-state index < -0.39 is 11.8 Å². The highest BCUT2D eigenvalue weighted by molar-refractivity contribution is 6.53. The van der Waals surface area contributed by atoms with E-state index in [0.29, 0.717) is 22.8 Å². The van der Waals surface area contributed by atoms with Crippen LogP contribution in [0.5, 0.6) is 0 Å². The van der Waals surface area contributed by atoms with Crippen molar-refractivity contribution in [3.05, 3.63) is 69.3 Å². The molecule has 6 heteroatoms. The van der Waals surface area contributed by atoms with Gasteiger partial charge in [0, 0.05) is 10.7 Å². The first-order valence-electron chi connectivity index (χ1n) is 7.83. The highest BCUT2D eigenvalue weighted by Crippen LogP contribution is 2.33. The summed E-state index contributed by atoms with van der Waals surface area (Å²) in [6.07, 6.45) is 0.698. The lowest BCUT2D eigenvalue weighted by Crippen LogP contribution is -2.33. The number of hydrogen-bond donors (Lipinski definition) is 1. The van der Waals surface area contributed by atoms with Crippen molar-refractivity contribution >= 4 is 46.4 Å². The average molecular weight is 375 g/mol. The fourth-order valence-corrected chi connectivity index (χ4v) is 3.20. The van der Waals surface area contributed by atoms with Gasteiger partial charge in [0.1, 0.15) is 10.7 Å². The molecular weight excluding hydrogens is 359 g/mol. The van der Waals surface area contributed by atoms with E-state index in [4.69, 9.17) is 23.2 Å². The van der Waals surface area contributed by atoms with Crippen LogP contribution < -0.4 is 10.2 Å². The molecule has 0 saturated carbocycles. The van der Waals surface area contributed by atoms with Crippen LogP contribution in [0.3, 0.4) is 0 Å². The molecule has 2 aromatic rings. The zero-order valence-electron chi connectivity index (χ0n) is 13.8. The second-order valence-corrected chi connectivity index (χ2v) is 6.52. The lowest BCUT2D eigenvalue weighted by molar-refractivity contribution is -0.120. The maximum Gasteiger partial charge on any atom is 0.283 e. The molecular formula is C19H16Cl2N2O2. The van der Waals surface area contributed by atoms with E-state index in [1.807, 2.05) is 26.0 Å². The maximum atomic E-state index is 12.9. The molecule has 0 aromatic heterocycles. The van der Waals surface area contributed by atoms with Crippen LogP contribution in [0.15, 0.2) is 53.2 Å². The number of hydrogen-bond acceptors (Lipinski definition) is 3. The van der Waals surface area contributed by atoms with Gasteiger partial charge < -0.3 is 5.32 Å². The topological polar surface area (TPSA) is 49.4 Å². The second kappa shape index (κ2) is 6.90. The van der Waals surface area contributed by atoms with Gasteiger partial charge in [-0.3, -0.25) is 9.59 Å². The van der Waals surface area contributed by atoms with Crippen LogP contribution in [0.4, 0.5) is 11.4 Å². The number of aryl methyl sites for hydroxylation is 2.